The molecule has 0 radical (unpaired) electrons. The number of hydrogen-bond donors (Lipinski definition) is 20. The van der Waals surface area contributed by atoms with E-state index >= 15 is 14.4 Å². The first-order valence-corrected chi connectivity index (χ1v) is 43.5. The molecule has 1 aromatic carbocycles. The Hall–Kier alpha value is -11.0. The molecule has 16 amide bonds. The largest absolute Gasteiger partial charge is 0.463 e. The van der Waals surface area contributed by atoms with E-state index in [9.17, 15) is 77.3 Å². The topological polar surface area (TPSA) is 617 Å². The number of alkyl carbamates (subject to hydrolysis) is 5. The summed E-state index contributed by atoms with van der Waals surface area (Å²) in [4.78, 5) is 240. The fraction of sp³-hybridized carbons (Fsp3) is 0.729. The zero-order valence-electron chi connectivity index (χ0n) is 78.3. The number of esters is 1. The van der Waals surface area contributed by atoms with Crippen molar-refractivity contribution in [3.05, 3.63) is 35.9 Å². The Kier molecular flexibility index (Phi) is 48.6. The first kappa shape index (κ1) is 113. The number of rotatable bonds is 38. The van der Waals surface area contributed by atoms with Crippen molar-refractivity contribution in [1.82, 2.24) is 90.4 Å². The van der Waals surface area contributed by atoms with E-state index in [1.807, 2.05) is 6.92 Å². The maximum atomic E-state index is 15.4. The first-order valence-electron chi connectivity index (χ1n) is 43.5. The van der Waals surface area contributed by atoms with Crippen LogP contribution in [0, 0.1) is 5.92 Å². The number of carbonyl (C=O) groups is 17. The van der Waals surface area contributed by atoms with Crippen LogP contribution in [0.3, 0.4) is 0 Å². The summed E-state index contributed by atoms with van der Waals surface area (Å²) in [5, 5.41) is 67.0. The predicted molar refractivity (Wildman–Crippen MR) is 469 cm³/mol. The van der Waals surface area contributed by atoms with Gasteiger partial charge in [0.25, 0.3) is 0 Å². The average molecular weight is 1820 g/mol. The molecule has 21 N–H and O–H groups in total. The van der Waals surface area contributed by atoms with Gasteiger partial charge in [-0.15, -0.1) is 0 Å². The van der Waals surface area contributed by atoms with Gasteiger partial charge in [0.2, 0.25) is 65.0 Å². The van der Waals surface area contributed by atoms with Crippen LogP contribution in [0.5, 0.6) is 0 Å². The van der Waals surface area contributed by atoms with Crippen molar-refractivity contribution in [1.29, 1.82) is 0 Å². The lowest BCUT2D eigenvalue weighted by atomic mass is 10.00. The van der Waals surface area contributed by atoms with Gasteiger partial charge in [-0.1, -0.05) is 57.5 Å². The minimum atomic E-state index is -2.02. The molecule has 0 aromatic heterocycles. The van der Waals surface area contributed by atoms with Crippen LogP contribution in [0.15, 0.2) is 30.3 Å². The monoisotopic (exact) mass is 1820 g/mol. The molecule has 1 aromatic rings. The van der Waals surface area contributed by atoms with E-state index in [4.69, 9.17) is 34.2 Å². The Morgan fingerprint density at radius 3 is 1.30 bits per heavy atom. The molecular weight excluding hydrogens is 1670 g/mol. The van der Waals surface area contributed by atoms with Crippen molar-refractivity contribution >= 4 is 101 Å². The number of amides is 16. The Bertz CT molecular complexity index is 3800. The van der Waals surface area contributed by atoms with Gasteiger partial charge in [0.05, 0.1) is 30.8 Å². The van der Waals surface area contributed by atoms with Gasteiger partial charge < -0.3 is 135 Å². The molecule has 726 valence electrons. The van der Waals surface area contributed by atoms with Gasteiger partial charge >= 0.3 is 36.4 Å². The van der Waals surface area contributed by atoms with Crippen molar-refractivity contribution < 1.29 is 120 Å². The molecular formula is C85H146N18O25. The molecule has 1 aliphatic heterocycles. The van der Waals surface area contributed by atoms with Crippen molar-refractivity contribution in [2.24, 2.45) is 11.7 Å². The van der Waals surface area contributed by atoms with Gasteiger partial charge in [-0.3, -0.25) is 57.5 Å². The summed E-state index contributed by atoms with van der Waals surface area (Å²) in [6, 6.07) is -9.68. The van der Waals surface area contributed by atoms with Crippen LogP contribution in [-0.4, -0.2) is 277 Å². The quantitative estimate of drug-likeness (QED) is 0.0321. The zero-order valence-corrected chi connectivity index (χ0v) is 78.3. The average Bonchev–Trinajstić information content (AvgIpc) is 0.944. The van der Waals surface area contributed by atoms with Crippen molar-refractivity contribution in [3.8, 4) is 0 Å². The van der Waals surface area contributed by atoms with Gasteiger partial charge in [0, 0.05) is 64.7 Å². The van der Waals surface area contributed by atoms with Crippen LogP contribution >= 0.6 is 0 Å². The normalized spacial score (nSPS) is 19.6. The molecule has 1 aliphatic rings. The Balaban J connectivity index is 3.09. The Morgan fingerprint density at radius 2 is 0.859 bits per heavy atom. The zero-order chi connectivity index (χ0) is 97.2. The number of nitrogens with two attached hydrogens (primary N) is 1. The second kappa shape index (κ2) is 55.0. The van der Waals surface area contributed by atoms with E-state index in [1.54, 1.807) is 155 Å². The predicted octanol–water partition coefficient (Wildman–Crippen LogP) is 0.798. The lowest BCUT2D eigenvalue weighted by molar-refractivity contribution is -0.149. The molecule has 2 unspecified atom stereocenters. The summed E-state index contributed by atoms with van der Waals surface area (Å²) in [5.74, 6) is -12.3. The molecule has 2 rings (SSSR count). The number of ether oxygens (including phenoxy) is 6. The number of aliphatic hydroxyl groups excluding tert-OH is 2. The Morgan fingerprint density at radius 1 is 0.461 bits per heavy atom. The lowest BCUT2D eigenvalue weighted by Crippen LogP contribution is -2.62. The van der Waals surface area contributed by atoms with Crippen LogP contribution in [0.1, 0.15) is 228 Å². The van der Waals surface area contributed by atoms with Gasteiger partial charge in [-0.2, -0.15) is 0 Å². The number of carbonyl (C=O) groups excluding carboxylic acids is 17. The smallest absolute Gasteiger partial charge is 0.407 e. The van der Waals surface area contributed by atoms with Gasteiger partial charge in [0.1, 0.15) is 82.4 Å². The summed E-state index contributed by atoms with van der Waals surface area (Å²) < 4.78 is 32.4. The molecule has 43 nitrogen and oxygen atoms in total. The van der Waals surface area contributed by atoms with Crippen LogP contribution in [-0.2, 0) is 92.4 Å². The molecule has 128 heavy (non-hydrogen) atoms. The summed E-state index contributed by atoms with van der Waals surface area (Å²) in [6.07, 6.45) is -11.1. The maximum absolute atomic E-state index is 15.4. The van der Waals surface area contributed by atoms with E-state index in [1.165, 1.54) is 0 Å². The number of aliphatic hydroxyl groups is 2. The molecule has 1 fully saturated rings. The van der Waals surface area contributed by atoms with Gasteiger partial charge in [-0.25, -0.2) is 24.0 Å². The highest BCUT2D eigenvalue weighted by Crippen LogP contribution is 2.17. The summed E-state index contributed by atoms with van der Waals surface area (Å²) >= 11 is 0. The van der Waals surface area contributed by atoms with E-state index in [0.29, 0.717) is 12.0 Å². The van der Waals surface area contributed by atoms with E-state index < -0.39 is 266 Å². The lowest BCUT2D eigenvalue weighted by Gasteiger charge is -2.30. The van der Waals surface area contributed by atoms with Crippen molar-refractivity contribution in [3.63, 3.8) is 0 Å². The maximum Gasteiger partial charge on any atom is 0.407 e. The van der Waals surface area contributed by atoms with Crippen molar-refractivity contribution in [2.75, 3.05) is 52.4 Å². The SMILES string of the molecule is CCCC(C)OC(=O)CCC(=O)N[C@@H](CCN)C(=O)N[C@@H](CCNC(=O)OC(C)(C)C)C(=O)N[C@H](C(=O)N[C@@H](CCNC(=O)OC(C)(C)C)C(=O)N[C@H]1CCNC(=O)[C@H]([C@H](C)O)NC(=O)[C@H](CCNC(=O)OC(C)(C)C)NC(=O)[C@H](CCNC(=O)OC(C)(C)C)NC(=O)[C@H](CC(C)C)NC(=O)[C@@H](Cc2ccccc2)NC(=O)[C@H](CCNC(=O)OC(C)(C)C)NC1)C(C)O. The Labute approximate surface area is 750 Å². The summed E-state index contributed by atoms with van der Waals surface area (Å²) in [6.45, 7) is 30.3. The van der Waals surface area contributed by atoms with Crippen LogP contribution in [0.25, 0.3) is 0 Å². The van der Waals surface area contributed by atoms with Crippen LogP contribution in [0.4, 0.5) is 24.0 Å². The minimum absolute atomic E-state index is 0.0992. The second-order valence-electron chi connectivity index (χ2n) is 36.8. The highest BCUT2D eigenvalue weighted by Gasteiger charge is 2.39. The molecule has 1 saturated heterocycles. The number of hydrogen-bond acceptors (Lipinski definition) is 27. The van der Waals surface area contributed by atoms with Gasteiger partial charge in [-0.05, 0) is 200 Å². The van der Waals surface area contributed by atoms with Gasteiger partial charge in [0.15, 0.2) is 0 Å². The standard InChI is InChI=1S/C85H146N18O25/c1-22-26-49(4)123-63(107)30-29-62(106)95-55(31-38-86)68(110)96-59(37-44-92-80(122)128-85(19,20)21)71(113)103-65(51(6)105)75(117)99-56(34-41-89-77(119)125-82(10,11)12)67(109)94-53-32-39-87-74(116)64(50(5)104)102-70(112)58(36-43-91-79(121)127-84(16,17)18)97-69(111)57(35-42-90-78(120)126-83(13,14)15)98-72(114)60(45-48(2)3)100-73(115)61(46-52-27-24-23-25-28-52)101-66(108)54(93-47-53)33-40-88-76(118)124-81(7,8)9/h23-25,27-28,48-51,53-61,64-65,93,104-105H,22,26,29-47,86H2,1-21H3,(H,87,116)(H,88,118)(H,89,119)(H,90,120)(H,91,121)(H,92,122)(H,94,109)(H,95,106)(H,96,110)(H,97,111)(H,98,114)(H,99,117)(H,100,115)(H,101,108)(H,102,112)(H,103,113)/t49?,50-,51?,53-,54-,55-,56-,57-,58-,59-,60-,61+,64-,65-/m0/s1. The second-order valence-corrected chi connectivity index (χ2v) is 36.8. The highest BCUT2D eigenvalue weighted by atomic mass is 16.6. The third-order valence-electron chi connectivity index (χ3n) is 18.2. The van der Waals surface area contributed by atoms with Crippen LogP contribution < -0.4 is 96.1 Å². The molecule has 0 bridgehead atoms. The van der Waals surface area contributed by atoms with Crippen LogP contribution in [0.2, 0.25) is 0 Å². The van der Waals surface area contributed by atoms with E-state index in [2.05, 4.69) is 90.4 Å². The third-order valence-corrected chi connectivity index (χ3v) is 18.2. The minimum Gasteiger partial charge on any atom is -0.463 e. The number of nitrogens with one attached hydrogen (secondary N) is 17. The molecule has 43 heteroatoms. The fourth-order valence-corrected chi connectivity index (χ4v) is 12.2. The summed E-state index contributed by atoms with van der Waals surface area (Å²) in [7, 11) is 0. The molecule has 0 spiro atoms. The van der Waals surface area contributed by atoms with E-state index in [0.717, 1.165) is 20.3 Å². The first-order chi connectivity index (χ1) is 59.4. The summed E-state index contributed by atoms with van der Waals surface area (Å²) in [5.41, 5.74) is 1.40. The molecule has 0 aliphatic carbocycles. The highest BCUT2D eigenvalue weighted by molar-refractivity contribution is 5.99. The fourth-order valence-electron chi connectivity index (χ4n) is 12.2. The molecule has 1 heterocycles. The molecule has 14 atom stereocenters. The third kappa shape index (κ3) is 49.4. The molecule has 0 saturated carbocycles. The van der Waals surface area contributed by atoms with E-state index in [-0.39, 0.29) is 77.2 Å². The van der Waals surface area contributed by atoms with Crippen molar-refractivity contribution in [2.45, 2.75) is 342 Å². The number of benzene rings is 1.